The lowest BCUT2D eigenvalue weighted by Gasteiger charge is -2.27. The first-order valence-electron chi connectivity index (χ1n) is 13.3. The summed E-state index contributed by atoms with van der Waals surface area (Å²) in [6.07, 6.45) is 28.0. The summed E-state index contributed by atoms with van der Waals surface area (Å²) in [5, 5.41) is 0. The summed E-state index contributed by atoms with van der Waals surface area (Å²) in [6.45, 7) is 4.58. The van der Waals surface area contributed by atoms with Gasteiger partial charge in [0.05, 0.1) is 0 Å². The summed E-state index contributed by atoms with van der Waals surface area (Å²) in [5.74, 6) is 0. The molecule has 0 aromatic rings. The van der Waals surface area contributed by atoms with Crippen molar-refractivity contribution in [3.63, 3.8) is 0 Å². The van der Waals surface area contributed by atoms with Gasteiger partial charge in [0.1, 0.15) is 0 Å². The maximum Gasteiger partial charge on any atom is 0.337 e. The van der Waals surface area contributed by atoms with Gasteiger partial charge in [0.15, 0.2) is 0 Å². The van der Waals surface area contributed by atoms with Crippen molar-refractivity contribution in [3.8, 4) is 0 Å². The van der Waals surface area contributed by atoms with E-state index in [2.05, 4.69) is 13.8 Å². The van der Waals surface area contributed by atoms with E-state index in [-0.39, 0.29) is 0 Å². The van der Waals surface area contributed by atoms with Crippen molar-refractivity contribution in [2.75, 3.05) is 14.2 Å². The minimum atomic E-state index is -1.91. The van der Waals surface area contributed by atoms with Crippen LogP contribution in [0, 0.1) is 0 Å². The van der Waals surface area contributed by atoms with E-state index in [4.69, 9.17) is 8.85 Å². The van der Waals surface area contributed by atoms with E-state index in [1.54, 1.807) is 0 Å². The maximum absolute atomic E-state index is 5.94. The fourth-order valence-corrected chi connectivity index (χ4v) is 7.19. The molecule has 3 heteroatoms. The predicted octanol–water partition coefficient (Wildman–Crippen LogP) is 9.56. The van der Waals surface area contributed by atoms with Crippen molar-refractivity contribution in [3.05, 3.63) is 0 Å². The Morgan fingerprint density at radius 2 is 0.621 bits per heavy atom. The van der Waals surface area contributed by atoms with Crippen molar-refractivity contribution in [2.24, 2.45) is 0 Å². The number of rotatable bonds is 24. The zero-order valence-corrected chi connectivity index (χ0v) is 21.9. The highest BCUT2D eigenvalue weighted by Crippen LogP contribution is 2.25. The molecule has 0 aliphatic carbocycles. The highest BCUT2D eigenvalue weighted by Gasteiger charge is 2.33. The summed E-state index contributed by atoms with van der Waals surface area (Å²) in [5.41, 5.74) is 0. The third kappa shape index (κ3) is 18.6. The molecule has 0 heterocycles. The third-order valence-electron chi connectivity index (χ3n) is 6.57. The smallest absolute Gasteiger partial charge is 0.337 e. The van der Waals surface area contributed by atoms with E-state index in [9.17, 15) is 0 Å². The van der Waals surface area contributed by atoms with Gasteiger partial charge in [-0.3, -0.25) is 0 Å². The summed E-state index contributed by atoms with van der Waals surface area (Å²) >= 11 is 0. The number of hydrogen-bond donors (Lipinski definition) is 0. The monoisotopic (exact) mass is 428 g/mol. The van der Waals surface area contributed by atoms with Crippen LogP contribution in [-0.4, -0.2) is 22.8 Å². The average Bonchev–Trinajstić information content (AvgIpc) is 2.75. The molecule has 0 aromatic carbocycles. The van der Waals surface area contributed by atoms with Crippen molar-refractivity contribution in [1.82, 2.24) is 0 Å². The van der Waals surface area contributed by atoms with Crippen LogP contribution in [-0.2, 0) is 8.85 Å². The maximum atomic E-state index is 5.94. The van der Waals surface area contributed by atoms with Gasteiger partial charge in [-0.1, -0.05) is 142 Å². The van der Waals surface area contributed by atoms with Crippen LogP contribution in [0.1, 0.15) is 142 Å². The summed E-state index contributed by atoms with van der Waals surface area (Å²) < 4.78 is 11.9. The minimum Gasteiger partial charge on any atom is -0.398 e. The summed E-state index contributed by atoms with van der Waals surface area (Å²) in [4.78, 5) is 0. The largest absolute Gasteiger partial charge is 0.398 e. The van der Waals surface area contributed by atoms with Crippen molar-refractivity contribution in [1.29, 1.82) is 0 Å². The van der Waals surface area contributed by atoms with Crippen molar-refractivity contribution >= 4 is 8.56 Å². The van der Waals surface area contributed by atoms with Gasteiger partial charge >= 0.3 is 8.56 Å². The Kier molecular flexibility index (Phi) is 22.9. The number of unbranched alkanes of at least 4 members (excludes halogenated alkanes) is 18. The Balaban J connectivity index is 3.54. The first-order valence-corrected chi connectivity index (χ1v) is 15.6. The first-order chi connectivity index (χ1) is 14.2. The molecule has 29 heavy (non-hydrogen) atoms. The van der Waals surface area contributed by atoms with Gasteiger partial charge in [-0.05, 0) is 12.1 Å². The Labute approximate surface area is 186 Å². The fourth-order valence-electron chi connectivity index (χ4n) is 4.38. The highest BCUT2D eigenvalue weighted by atomic mass is 28.4. The Hall–Kier alpha value is 0.137. The second kappa shape index (κ2) is 22.8. The standard InChI is InChI=1S/C26H56O2Si/c1-5-7-9-11-13-14-15-16-17-18-19-20-22-24-26-29(27-3,28-4)25-23-21-12-10-8-6-2/h5-26H2,1-4H3. The van der Waals surface area contributed by atoms with Gasteiger partial charge in [0.2, 0.25) is 0 Å². The molecule has 2 nitrogen and oxygen atoms in total. The molecule has 0 bridgehead atoms. The zero-order chi connectivity index (χ0) is 21.5. The van der Waals surface area contributed by atoms with E-state index in [0.717, 1.165) is 0 Å². The molecule has 0 fully saturated rings. The molecule has 0 atom stereocenters. The quantitative estimate of drug-likeness (QED) is 0.112. The molecular weight excluding hydrogens is 372 g/mol. The lowest BCUT2D eigenvalue weighted by Crippen LogP contribution is -2.39. The van der Waals surface area contributed by atoms with Crippen molar-refractivity contribution < 1.29 is 8.85 Å². The van der Waals surface area contributed by atoms with Gasteiger partial charge < -0.3 is 8.85 Å². The molecule has 0 N–H and O–H groups in total. The Morgan fingerprint density at radius 3 is 0.862 bits per heavy atom. The molecule has 0 unspecified atom stereocenters. The molecule has 0 rings (SSSR count). The van der Waals surface area contributed by atoms with E-state index in [1.165, 1.54) is 141 Å². The van der Waals surface area contributed by atoms with E-state index < -0.39 is 8.56 Å². The number of hydrogen-bond acceptors (Lipinski definition) is 2. The van der Waals surface area contributed by atoms with E-state index in [1.807, 2.05) is 14.2 Å². The first kappa shape index (κ1) is 29.1. The van der Waals surface area contributed by atoms with Crippen LogP contribution >= 0.6 is 0 Å². The van der Waals surface area contributed by atoms with Gasteiger partial charge in [0.25, 0.3) is 0 Å². The Bertz CT molecular complexity index is 305. The Morgan fingerprint density at radius 1 is 0.379 bits per heavy atom. The lowest BCUT2D eigenvalue weighted by atomic mass is 10.0. The molecule has 0 aliphatic heterocycles. The third-order valence-corrected chi connectivity index (χ3v) is 10.3. The molecule has 0 amide bonds. The molecule has 0 saturated heterocycles. The minimum absolute atomic E-state index is 1.19. The van der Waals surface area contributed by atoms with Gasteiger partial charge in [0, 0.05) is 14.2 Å². The average molecular weight is 429 g/mol. The fraction of sp³-hybridized carbons (Fsp3) is 1.00. The zero-order valence-electron chi connectivity index (χ0n) is 20.9. The molecule has 0 spiro atoms. The molecule has 0 aromatic heterocycles. The van der Waals surface area contributed by atoms with Gasteiger partial charge in [-0.2, -0.15) is 0 Å². The molecule has 0 aliphatic rings. The van der Waals surface area contributed by atoms with Crippen LogP contribution in [0.3, 0.4) is 0 Å². The van der Waals surface area contributed by atoms with Crippen LogP contribution < -0.4 is 0 Å². The van der Waals surface area contributed by atoms with Gasteiger partial charge in [-0.25, -0.2) is 0 Å². The lowest BCUT2D eigenvalue weighted by molar-refractivity contribution is 0.238. The topological polar surface area (TPSA) is 18.5 Å². The summed E-state index contributed by atoms with van der Waals surface area (Å²) in [6, 6.07) is 2.37. The second-order valence-electron chi connectivity index (χ2n) is 9.18. The van der Waals surface area contributed by atoms with Crippen LogP contribution in [0.25, 0.3) is 0 Å². The molecular formula is C26H56O2Si. The predicted molar refractivity (Wildman–Crippen MR) is 133 cm³/mol. The second-order valence-corrected chi connectivity index (χ2v) is 12.8. The van der Waals surface area contributed by atoms with Crippen LogP contribution in [0.5, 0.6) is 0 Å². The molecule has 0 saturated carbocycles. The van der Waals surface area contributed by atoms with Crippen LogP contribution in [0.15, 0.2) is 0 Å². The van der Waals surface area contributed by atoms with Crippen molar-refractivity contribution in [2.45, 2.75) is 154 Å². The SMILES string of the molecule is CCCCCCCCCCCCCCCC[Si](CCCCCCCC)(OC)OC. The van der Waals surface area contributed by atoms with E-state index >= 15 is 0 Å². The molecule has 176 valence electrons. The molecule has 0 radical (unpaired) electrons. The summed E-state index contributed by atoms with van der Waals surface area (Å²) in [7, 11) is 1.86. The normalized spacial score (nSPS) is 12.0. The van der Waals surface area contributed by atoms with E-state index in [0.29, 0.717) is 0 Å². The highest BCUT2D eigenvalue weighted by molar-refractivity contribution is 6.67. The van der Waals surface area contributed by atoms with Gasteiger partial charge in [-0.15, -0.1) is 0 Å². The van der Waals surface area contributed by atoms with Crippen LogP contribution in [0.4, 0.5) is 0 Å². The van der Waals surface area contributed by atoms with Crippen LogP contribution in [0.2, 0.25) is 12.1 Å².